The Kier molecular flexibility index (Phi) is 29.7. The number of allylic oxidation sites excluding steroid dienone is 1. The molecular weight excluding hydrogens is 420 g/mol. The molecule has 0 unspecified atom stereocenters. The lowest BCUT2D eigenvalue weighted by Crippen LogP contribution is -1.99. The van der Waals surface area contributed by atoms with Crippen LogP contribution >= 0.6 is 0 Å². The number of rotatable bonds is 30. The molecule has 0 N–H and O–H groups in total. The second-order valence-electron chi connectivity index (χ2n) is 12.2. The maximum Gasteiger partial charge on any atom is -0.0353 e. The summed E-state index contributed by atoms with van der Waals surface area (Å²) in [5.74, 6) is 1.90. The van der Waals surface area contributed by atoms with Crippen molar-refractivity contribution in [3.8, 4) is 0 Å². The molecule has 0 heterocycles. The Labute approximate surface area is 224 Å². The van der Waals surface area contributed by atoms with E-state index in [2.05, 4.69) is 33.4 Å². The third-order valence-corrected chi connectivity index (χ3v) is 8.30. The Hall–Kier alpha value is -0.260. The first-order valence-corrected chi connectivity index (χ1v) is 16.8. The van der Waals surface area contributed by atoms with Gasteiger partial charge in [-0.15, -0.1) is 6.58 Å². The first-order chi connectivity index (χ1) is 17.2. The van der Waals surface area contributed by atoms with E-state index >= 15 is 0 Å². The fourth-order valence-corrected chi connectivity index (χ4v) is 5.63. The zero-order valence-corrected chi connectivity index (χ0v) is 25.2. The molecular formula is C35H70. The van der Waals surface area contributed by atoms with Crippen molar-refractivity contribution in [1.82, 2.24) is 0 Å². The van der Waals surface area contributed by atoms with Crippen molar-refractivity contribution in [2.75, 3.05) is 0 Å². The lowest BCUT2D eigenvalue weighted by atomic mass is 9.92. The molecule has 0 bridgehead atoms. The molecule has 0 aromatic carbocycles. The van der Waals surface area contributed by atoms with Gasteiger partial charge in [-0.3, -0.25) is 0 Å². The van der Waals surface area contributed by atoms with E-state index in [1.165, 1.54) is 180 Å². The topological polar surface area (TPSA) is 0 Å². The third-order valence-electron chi connectivity index (χ3n) is 8.30. The zero-order chi connectivity index (χ0) is 25.7. The van der Waals surface area contributed by atoms with Crippen LogP contribution < -0.4 is 0 Å². The van der Waals surface area contributed by atoms with Gasteiger partial charge in [0, 0.05) is 0 Å². The smallest absolute Gasteiger partial charge is 0.0353 e. The molecule has 0 spiro atoms. The van der Waals surface area contributed by atoms with Gasteiger partial charge in [-0.2, -0.15) is 0 Å². The van der Waals surface area contributed by atoms with E-state index in [4.69, 9.17) is 0 Å². The lowest BCUT2D eigenvalue weighted by molar-refractivity contribution is 0.390. The number of hydrogen-bond donors (Lipinski definition) is 0. The molecule has 0 heteroatoms. The maximum absolute atomic E-state index is 3.81. The van der Waals surface area contributed by atoms with E-state index in [-0.39, 0.29) is 0 Å². The molecule has 0 amide bonds. The molecule has 210 valence electrons. The highest BCUT2D eigenvalue weighted by Gasteiger charge is 2.06. The minimum absolute atomic E-state index is 0.946. The van der Waals surface area contributed by atoms with Crippen LogP contribution in [0.2, 0.25) is 0 Å². The van der Waals surface area contributed by atoms with Crippen molar-refractivity contribution in [3.05, 3.63) is 12.7 Å². The molecule has 0 aromatic heterocycles. The van der Waals surface area contributed by atoms with Gasteiger partial charge < -0.3 is 0 Å². The van der Waals surface area contributed by atoms with Gasteiger partial charge in [0.15, 0.2) is 0 Å². The van der Waals surface area contributed by atoms with Crippen LogP contribution in [-0.2, 0) is 0 Å². The average molecular weight is 491 g/mol. The van der Waals surface area contributed by atoms with Crippen LogP contribution in [-0.4, -0.2) is 0 Å². The highest BCUT2D eigenvalue weighted by molar-refractivity contribution is 4.65. The van der Waals surface area contributed by atoms with Gasteiger partial charge in [-0.1, -0.05) is 194 Å². The fourth-order valence-electron chi connectivity index (χ4n) is 5.63. The van der Waals surface area contributed by atoms with Crippen molar-refractivity contribution < 1.29 is 0 Å². The van der Waals surface area contributed by atoms with E-state index in [0.717, 1.165) is 11.8 Å². The van der Waals surface area contributed by atoms with Crippen LogP contribution in [0.1, 0.15) is 201 Å². The Morgan fingerprint density at radius 1 is 0.400 bits per heavy atom. The van der Waals surface area contributed by atoms with Crippen molar-refractivity contribution in [3.63, 3.8) is 0 Å². The number of unbranched alkanes of at least 4 members (excludes halogenated alkanes) is 21. The van der Waals surface area contributed by atoms with Gasteiger partial charge in [0.2, 0.25) is 0 Å². The largest absolute Gasteiger partial charge is 0.103 e. The molecule has 35 heavy (non-hydrogen) atoms. The van der Waals surface area contributed by atoms with E-state index in [0.29, 0.717) is 0 Å². The normalized spacial score (nSPS) is 13.2. The van der Waals surface area contributed by atoms with Crippen molar-refractivity contribution in [2.45, 2.75) is 201 Å². The standard InChI is InChI=1S/C35H70/c1-5-7-9-11-13-15-17-18-19-20-22-24-26-28-31-35(4)33-29-32-34(3)30-27-25-23-21-16-14-12-10-8-6-2/h6,34-35H,2,5,7-33H2,1,3-4H3/t34-,35-/m1/s1. The molecule has 0 radical (unpaired) electrons. The summed E-state index contributed by atoms with van der Waals surface area (Å²) < 4.78 is 0. The molecule has 0 saturated carbocycles. The highest BCUT2D eigenvalue weighted by Crippen LogP contribution is 2.22. The second kappa shape index (κ2) is 30.0. The lowest BCUT2D eigenvalue weighted by Gasteiger charge is -2.14. The van der Waals surface area contributed by atoms with Gasteiger partial charge in [0.1, 0.15) is 0 Å². The summed E-state index contributed by atoms with van der Waals surface area (Å²) in [6.07, 6.45) is 42.7. The highest BCUT2D eigenvalue weighted by atomic mass is 14.1. The molecule has 0 aliphatic heterocycles. The minimum Gasteiger partial charge on any atom is -0.103 e. The quantitative estimate of drug-likeness (QED) is 0.0693. The molecule has 0 nitrogen and oxygen atoms in total. The second-order valence-corrected chi connectivity index (χ2v) is 12.2. The van der Waals surface area contributed by atoms with Crippen molar-refractivity contribution in [2.24, 2.45) is 11.8 Å². The van der Waals surface area contributed by atoms with Gasteiger partial charge in [-0.25, -0.2) is 0 Å². The summed E-state index contributed by atoms with van der Waals surface area (Å²) in [7, 11) is 0. The predicted octanol–water partition coefficient (Wildman–Crippen LogP) is 13.4. The molecule has 0 fully saturated rings. The predicted molar refractivity (Wildman–Crippen MR) is 163 cm³/mol. The third kappa shape index (κ3) is 29.9. The van der Waals surface area contributed by atoms with Crippen LogP contribution in [0.15, 0.2) is 12.7 Å². The average Bonchev–Trinajstić information content (AvgIpc) is 2.85. The van der Waals surface area contributed by atoms with E-state index in [9.17, 15) is 0 Å². The van der Waals surface area contributed by atoms with E-state index in [1.807, 2.05) is 0 Å². The summed E-state index contributed by atoms with van der Waals surface area (Å²) in [6, 6.07) is 0. The molecule has 0 rings (SSSR count). The summed E-state index contributed by atoms with van der Waals surface area (Å²) >= 11 is 0. The number of hydrogen-bond acceptors (Lipinski definition) is 0. The summed E-state index contributed by atoms with van der Waals surface area (Å²) in [5.41, 5.74) is 0. The molecule has 0 aliphatic rings. The molecule has 0 aliphatic carbocycles. The van der Waals surface area contributed by atoms with E-state index < -0.39 is 0 Å². The van der Waals surface area contributed by atoms with Crippen molar-refractivity contribution in [1.29, 1.82) is 0 Å². The Morgan fingerprint density at radius 2 is 0.686 bits per heavy atom. The van der Waals surface area contributed by atoms with Gasteiger partial charge in [-0.05, 0) is 24.7 Å². The Morgan fingerprint density at radius 3 is 1.03 bits per heavy atom. The fraction of sp³-hybridized carbons (Fsp3) is 0.943. The minimum atomic E-state index is 0.946. The first kappa shape index (κ1) is 34.7. The van der Waals surface area contributed by atoms with Gasteiger partial charge >= 0.3 is 0 Å². The van der Waals surface area contributed by atoms with Gasteiger partial charge in [0.05, 0.1) is 0 Å². The maximum atomic E-state index is 3.81. The summed E-state index contributed by atoms with van der Waals surface area (Å²) in [4.78, 5) is 0. The van der Waals surface area contributed by atoms with Crippen molar-refractivity contribution >= 4 is 0 Å². The summed E-state index contributed by atoms with van der Waals surface area (Å²) in [6.45, 7) is 11.1. The van der Waals surface area contributed by atoms with Crippen LogP contribution in [0.4, 0.5) is 0 Å². The van der Waals surface area contributed by atoms with E-state index in [1.54, 1.807) is 0 Å². The zero-order valence-electron chi connectivity index (χ0n) is 25.2. The van der Waals surface area contributed by atoms with Crippen LogP contribution in [0, 0.1) is 11.8 Å². The van der Waals surface area contributed by atoms with Gasteiger partial charge in [0.25, 0.3) is 0 Å². The SMILES string of the molecule is C=CCCCCCCCCCC[C@@H](C)CCC[C@H](C)CCCCCCCCCCCCCCCC. The Bertz CT molecular complexity index is 383. The summed E-state index contributed by atoms with van der Waals surface area (Å²) in [5, 5.41) is 0. The van der Waals surface area contributed by atoms with Crippen LogP contribution in [0.5, 0.6) is 0 Å². The van der Waals surface area contributed by atoms with Crippen LogP contribution in [0.25, 0.3) is 0 Å². The first-order valence-electron chi connectivity index (χ1n) is 16.8. The molecule has 2 atom stereocenters. The monoisotopic (exact) mass is 491 g/mol. The molecule has 0 aromatic rings. The van der Waals surface area contributed by atoms with Crippen LogP contribution in [0.3, 0.4) is 0 Å². The Balaban J connectivity index is 3.27. The molecule has 0 saturated heterocycles.